The van der Waals surface area contributed by atoms with E-state index in [-0.39, 0.29) is 44.6 Å². The van der Waals surface area contributed by atoms with Gasteiger partial charge in [0.25, 0.3) is 0 Å². The van der Waals surface area contributed by atoms with Crippen LogP contribution in [0.4, 0.5) is 0 Å². The summed E-state index contributed by atoms with van der Waals surface area (Å²) in [5, 5.41) is 6.22. The van der Waals surface area contributed by atoms with Crippen LogP contribution in [0.3, 0.4) is 0 Å². The van der Waals surface area contributed by atoms with Gasteiger partial charge >= 0.3 is 0 Å². The van der Waals surface area contributed by atoms with Gasteiger partial charge in [-0.15, -0.1) is 0 Å². The minimum absolute atomic E-state index is 0. The molecule has 0 unspecified atom stereocenters. The zero-order valence-electron chi connectivity index (χ0n) is 6.85. The highest BCUT2D eigenvalue weighted by Crippen LogP contribution is 1.72. The minimum atomic E-state index is 0. The summed E-state index contributed by atoms with van der Waals surface area (Å²) in [6.07, 6.45) is 0. The largest absolute Gasteiger partial charge is 0.318 e. The Bertz CT molecular complexity index is 62.0. The number of rotatable bonds is 6. The molecule has 0 aliphatic heterocycles. The van der Waals surface area contributed by atoms with Crippen molar-refractivity contribution >= 4 is 0 Å². The molecule has 0 heterocycles. The van der Waals surface area contributed by atoms with E-state index in [4.69, 9.17) is 5.73 Å². The van der Waals surface area contributed by atoms with E-state index in [1.165, 1.54) is 0 Å². The van der Waals surface area contributed by atoms with Crippen molar-refractivity contribution < 1.29 is 0 Å². The first-order chi connectivity index (χ1) is 4.81. The zero-order valence-corrected chi connectivity index (χ0v) is 6.85. The number of hydrogen-bond donors (Lipinski definition) is 3. The van der Waals surface area contributed by atoms with Crippen LogP contribution in [0.15, 0.2) is 0 Å². The van der Waals surface area contributed by atoms with E-state index >= 15 is 0 Å². The normalized spacial score (nSPS) is 6.75. The van der Waals surface area contributed by atoms with Crippen molar-refractivity contribution in [2.75, 3.05) is 33.6 Å². The predicted molar refractivity (Wildman–Crippen MR) is 83.7 cm³/mol. The van der Waals surface area contributed by atoms with Gasteiger partial charge in [-0.3, -0.25) is 10.2 Å². The van der Waals surface area contributed by atoms with Crippen molar-refractivity contribution in [1.82, 2.24) is 15.5 Å². The predicted octanol–water partition coefficient (Wildman–Crippen LogP) is 2.77. The molecule has 4 heteroatoms. The van der Waals surface area contributed by atoms with Gasteiger partial charge < -0.3 is 11.1 Å². The summed E-state index contributed by atoms with van der Waals surface area (Å²) in [6, 6.07) is 0. The summed E-state index contributed by atoms with van der Waals surface area (Å²) in [6.45, 7) is 5.38. The highest BCUT2D eigenvalue weighted by atomic mass is 15.3. The monoisotopic (exact) mass is 242 g/mol. The molecule has 0 radical (unpaired) electrons. The minimum Gasteiger partial charge on any atom is -0.318 e. The Morgan fingerprint density at radius 2 is 1.25 bits per heavy atom. The van der Waals surface area contributed by atoms with Gasteiger partial charge in [0.05, 0.1) is 0 Å². The molecular weight excluding hydrogens is 200 g/mol. The molecule has 0 fully saturated rings. The number of nitrogens with one attached hydrogen (secondary N) is 2. The molecule has 4 nitrogen and oxygen atoms in total. The lowest BCUT2D eigenvalue weighted by Gasteiger charge is -2.16. The molecule has 0 spiro atoms. The van der Waals surface area contributed by atoms with Crippen LogP contribution in [-0.2, 0) is 0 Å². The summed E-state index contributed by atoms with van der Waals surface area (Å²) in [5.74, 6) is 0. The summed E-state index contributed by atoms with van der Waals surface area (Å²) in [5.41, 5.74) is 5.25. The zero-order chi connectivity index (χ0) is 7.82. The number of nitrogens with zero attached hydrogens (tertiary/aromatic N) is 1. The van der Waals surface area contributed by atoms with Crippen LogP contribution >= 0.6 is 0 Å². The van der Waals surface area contributed by atoms with Crippen molar-refractivity contribution in [3.05, 3.63) is 0 Å². The third-order valence-corrected chi connectivity index (χ3v) is 1.16. The average molecular weight is 242 g/mol. The first kappa shape index (κ1) is 44.6. The first-order valence-electron chi connectivity index (χ1n) is 3.61. The van der Waals surface area contributed by atoms with Crippen LogP contribution in [0.25, 0.3) is 0 Å². The molecule has 0 bridgehead atoms. The SMILES string of the molecule is C.C.C.C.C.C.CCNCN(C)CNCN. The van der Waals surface area contributed by atoms with Crippen LogP contribution in [0.2, 0.25) is 0 Å². The molecule has 4 N–H and O–H groups in total. The molecule has 0 amide bonds. The van der Waals surface area contributed by atoms with Crippen molar-refractivity contribution in [2.24, 2.45) is 5.73 Å². The summed E-state index contributed by atoms with van der Waals surface area (Å²) >= 11 is 0. The Morgan fingerprint density at radius 1 is 0.875 bits per heavy atom. The highest BCUT2D eigenvalue weighted by molar-refractivity contribution is 4.45. The Kier molecular flexibility index (Phi) is 101. The molecule has 0 aliphatic rings. The van der Waals surface area contributed by atoms with Crippen molar-refractivity contribution in [3.63, 3.8) is 0 Å². The van der Waals surface area contributed by atoms with Crippen molar-refractivity contribution in [3.8, 4) is 0 Å². The lowest BCUT2D eigenvalue weighted by Crippen LogP contribution is -2.39. The first-order valence-corrected chi connectivity index (χ1v) is 3.61. The fourth-order valence-electron chi connectivity index (χ4n) is 0.614. The Morgan fingerprint density at radius 3 is 1.56 bits per heavy atom. The van der Waals surface area contributed by atoms with E-state index in [9.17, 15) is 0 Å². The van der Waals surface area contributed by atoms with Gasteiger partial charge in [0.15, 0.2) is 0 Å². The maximum atomic E-state index is 5.25. The van der Waals surface area contributed by atoms with Gasteiger partial charge in [0, 0.05) is 20.0 Å². The van der Waals surface area contributed by atoms with E-state index < -0.39 is 0 Å². The number of nitrogens with two attached hydrogens (primary N) is 1. The fourth-order valence-corrected chi connectivity index (χ4v) is 0.614. The Hall–Kier alpha value is -0.160. The maximum Gasteiger partial charge on any atom is 0.0499 e. The molecule has 16 heavy (non-hydrogen) atoms. The Balaban J connectivity index is -0.0000000270. The maximum absolute atomic E-state index is 5.25. The lowest BCUT2D eigenvalue weighted by molar-refractivity contribution is 0.287. The summed E-state index contributed by atoms with van der Waals surface area (Å²) in [7, 11) is 2.03. The molecular formula is C12H42N4. The van der Waals surface area contributed by atoms with E-state index in [2.05, 4.69) is 22.5 Å². The van der Waals surface area contributed by atoms with Crippen molar-refractivity contribution in [2.45, 2.75) is 51.5 Å². The van der Waals surface area contributed by atoms with Crippen LogP contribution in [-0.4, -0.2) is 38.5 Å². The molecule has 0 aromatic heterocycles. The van der Waals surface area contributed by atoms with E-state index in [1.807, 2.05) is 7.05 Å². The molecule has 0 saturated heterocycles. The second kappa shape index (κ2) is 36.4. The van der Waals surface area contributed by atoms with Gasteiger partial charge in [0.1, 0.15) is 0 Å². The van der Waals surface area contributed by atoms with Gasteiger partial charge in [-0.2, -0.15) is 0 Å². The van der Waals surface area contributed by atoms with Crippen molar-refractivity contribution in [1.29, 1.82) is 0 Å². The number of hydrogen-bond acceptors (Lipinski definition) is 4. The average Bonchev–Trinajstić information content (AvgIpc) is 1.97. The van der Waals surface area contributed by atoms with Gasteiger partial charge in [-0.1, -0.05) is 51.5 Å². The third kappa shape index (κ3) is 37.1. The molecule has 110 valence electrons. The molecule has 0 rings (SSSR count). The molecule has 0 saturated carbocycles. The standard InChI is InChI=1S/C6H18N4.6CH4/c1-3-8-5-10(2)6-9-4-7;;;;;;/h8-9H,3-7H2,1-2H3;6*1H4. The smallest absolute Gasteiger partial charge is 0.0499 e. The topological polar surface area (TPSA) is 53.3 Å². The molecule has 0 atom stereocenters. The third-order valence-electron chi connectivity index (χ3n) is 1.16. The van der Waals surface area contributed by atoms with Gasteiger partial charge in [0.2, 0.25) is 0 Å². The van der Waals surface area contributed by atoms with Gasteiger partial charge in [-0.25, -0.2) is 0 Å². The van der Waals surface area contributed by atoms with Crippen LogP contribution < -0.4 is 16.4 Å². The van der Waals surface area contributed by atoms with Crippen LogP contribution in [0, 0.1) is 0 Å². The fraction of sp³-hybridized carbons (Fsp3) is 1.00. The second-order valence-electron chi connectivity index (χ2n) is 2.23. The van der Waals surface area contributed by atoms with Gasteiger partial charge in [-0.05, 0) is 13.6 Å². The van der Waals surface area contributed by atoms with E-state index in [0.717, 1.165) is 19.9 Å². The Labute approximate surface area is 107 Å². The summed E-state index contributed by atoms with van der Waals surface area (Å²) in [4.78, 5) is 2.12. The van der Waals surface area contributed by atoms with Crippen LogP contribution in [0.1, 0.15) is 51.5 Å². The summed E-state index contributed by atoms with van der Waals surface area (Å²) < 4.78 is 0. The lowest BCUT2D eigenvalue weighted by atomic mass is 10.7. The van der Waals surface area contributed by atoms with Crippen LogP contribution in [0.5, 0.6) is 0 Å². The van der Waals surface area contributed by atoms with E-state index in [0.29, 0.717) is 6.67 Å². The quantitative estimate of drug-likeness (QED) is 0.627. The van der Waals surface area contributed by atoms with E-state index in [1.54, 1.807) is 0 Å². The second-order valence-corrected chi connectivity index (χ2v) is 2.23. The molecule has 0 aromatic rings. The molecule has 0 aromatic carbocycles. The molecule has 0 aliphatic carbocycles. The highest BCUT2D eigenvalue weighted by Gasteiger charge is 1.92.